The summed E-state index contributed by atoms with van der Waals surface area (Å²) >= 11 is 0. The Bertz CT molecular complexity index is 511. The lowest BCUT2D eigenvalue weighted by atomic mass is 9.87. The summed E-state index contributed by atoms with van der Waals surface area (Å²) in [5.41, 5.74) is -0.692. The van der Waals surface area contributed by atoms with E-state index in [1.165, 1.54) is 24.3 Å². The summed E-state index contributed by atoms with van der Waals surface area (Å²) in [7, 11) is 0. The molecule has 4 nitrogen and oxygen atoms in total. The molecule has 1 N–H and O–H groups in total. The number of aromatic hydroxyl groups is 1. The van der Waals surface area contributed by atoms with Gasteiger partial charge in [-0.15, -0.1) is 0 Å². The van der Waals surface area contributed by atoms with Gasteiger partial charge in [-0.25, -0.2) is 4.68 Å². The van der Waals surface area contributed by atoms with Crippen LogP contribution in [0, 0.1) is 0 Å². The molecule has 8 heteroatoms. The van der Waals surface area contributed by atoms with Crippen molar-refractivity contribution in [1.82, 2.24) is 15.0 Å². The zero-order chi connectivity index (χ0) is 11.8. The second kappa shape index (κ2) is 3.55. The third-order valence-electron chi connectivity index (χ3n) is 1.94. The highest BCUT2D eigenvalue weighted by molar-refractivity contribution is 6.72. The molecule has 0 spiro atoms. The zero-order valence-corrected chi connectivity index (χ0v) is 7.89. The summed E-state index contributed by atoms with van der Waals surface area (Å²) in [5.74, 6) is -0.0490. The molecular weight excluding hydrogens is 222 g/mol. The van der Waals surface area contributed by atoms with Crippen molar-refractivity contribution in [2.45, 2.75) is 0 Å². The van der Waals surface area contributed by atoms with Crippen molar-refractivity contribution < 1.29 is 18.1 Å². The Hall–Kier alpha value is -1.99. The van der Waals surface area contributed by atoms with Crippen LogP contribution in [0.3, 0.4) is 0 Å². The first-order chi connectivity index (χ1) is 7.47. The van der Waals surface area contributed by atoms with Crippen LogP contribution in [0.25, 0.3) is 5.69 Å². The molecule has 1 heterocycles. The second-order valence-electron chi connectivity index (χ2n) is 3.18. The Balaban J connectivity index is 2.39. The normalized spacial score (nSPS) is 11.7. The summed E-state index contributed by atoms with van der Waals surface area (Å²) in [6.07, 6.45) is 0.786. The van der Waals surface area contributed by atoms with Crippen molar-refractivity contribution in [1.29, 1.82) is 0 Å². The first-order valence-corrected chi connectivity index (χ1v) is 4.38. The van der Waals surface area contributed by atoms with Gasteiger partial charge in [0, 0.05) is 17.9 Å². The molecule has 2 aromatic rings. The van der Waals surface area contributed by atoms with Gasteiger partial charge in [0.2, 0.25) is 0 Å². The predicted octanol–water partition coefficient (Wildman–Crippen LogP) is 1.03. The van der Waals surface area contributed by atoms with E-state index in [9.17, 15) is 12.9 Å². The fourth-order valence-electron chi connectivity index (χ4n) is 1.19. The first kappa shape index (κ1) is 10.5. The maximum Gasteiger partial charge on any atom is 0.531 e. The fraction of sp³-hybridized carbons (Fsp3) is 0. The highest BCUT2D eigenvalue weighted by Crippen LogP contribution is 2.14. The van der Waals surface area contributed by atoms with Crippen molar-refractivity contribution in [2.24, 2.45) is 0 Å². The fourth-order valence-corrected chi connectivity index (χ4v) is 1.19. The van der Waals surface area contributed by atoms with Crippen LogP contribution in [0.15, 0.2) is 30.5 Å². The van der Waals surface area contributed by atoms with Gasteiger partial charge in [-0.3, -0.25) is 0 Å². The molecule has 0 aliphatic rings. The number of phenols is 1. The summed E-state index contributed by atoms with van der Waals surface area (Å²) < 4.78 is 37.8. The molecule has 0 saturated carbocycles. The lowest BCUT2D eigenvalue weighted by Gasteiger charge is -2.08. The molecule has 0 unspecified atom stereocenters. The Morgan fingerprint density at radius 3 is 2.56 bits per heavy atom. The minimum Gasteiger partial charge on any atom is -0.508 e. The number of rotatable bonds is 2. The maximum absolute atomic E-state index is 12.3. The van der Waals surface area contributed by atoms with Crippen LogP contribution >= 0.6 is 0 Å². The molecule has 2 rings (SSSR count). The van der Waals surface area contributed by atoms with Gasteiger partial charge in [-0.1, -0.05) is 11.3 Å². The highest BCUT2D eigenvalue weighted by atomic mass is 19.4. The van der Waals surface area contributed by atoms with Crippen molar-refractivity contribution in [3.8, 4) is 11.4 Å². The van der Waals surface area contributed by atoms with Gasteiger partial charge >= 0.3 is 6.98 Å². The number of halogens is 3. The largest absolute Gasteiger partial charge is 0.531 e. The molecule has 0 fully saturated rings. The minimum atomic E-state index is -5.15. The third kappa shape index (κ3) is 2.00. The standard InChI is InChI=1S/C8H6BF3N3O/c10-9(11,12)8-5-15(14-13-8)6-2-1-3-7(16)4-6/h1-5,16H/q-1. The Kier molecular flexibility index (Phi) is 2.33. The van der Waals surface area contributed by atoms with Gasteiger partial charge in [0.05, 0.1) is 5.69 Å². The lowest BCUT2D eigenvalue weighted by Crippen LogP contribution is -2.35. The quantitative estimate of drug-likeness (QED) is 0.780. The summed E-state index contributed by atoms with van der Waals surface area (Å²) in [6, 6.07) is 5.73. The van der Waals surface area contributed by atoms with Crippen molar-refractivity contribution >= 4 is 12.6 Å². The van der Waals surface area contributed by atoms with Gasteiger partial charge in [0.25, 0.3) is 0 Å². The van der Waals surface area contributed by atoms with Gasteiger partial charge in [0.15, 0.2) is 0 Å². The molecule has 0 radical (unpaired) electrons. The SMILES string of the molecule is Oc1cccc(-n2cc([B-](F)(F)F)nn2)c1. The molecule has 0 atom stereocenters. The number of hydrogen-bond donors (Lipinski definition) is 1. The maximum atomic E-state index is 12.3. The lowest BCUT2D eigenvalue weighted by molar-refractivity contribution is 0.474. The van der Waals surface area contributed by atoms with Crippen LogP contribution in [0.1, 0.15) is 0 Å². The van der Waals surface area contributed by atoms with E-state index in [4.69, 9.17) is 5.11 Å². The molecule has 0 saturated heterocycles. The van der Waals surface area contributed by atoms with E-state index in [0.717, 1.165) is 10.9 Å². The van der Waals surface area contributed by atoms with Crippen LogP contribution in [-0.4, -0.2) is 27.1 Å². The summed E-state index contributed by atoms with van der Waals surface area (Å²) in [4.78, 5) is 0. The van der Waals surface area contributed by atoms with Crippen LogP contribution < -0.4 is 5.59 Å². The Labute approximate surface area is 88.4 Å². The highest BCUT2D eigenvalue weighted by Gasteiger charge is 2.29. The number of phenolic OH excluding ortho intramolecular Hbond substituents is 1. The van der Waals surface area contributed by atoms with Gasteiger partial charge in [-0.05, 0) is 12.1 Å². The van der Waals surface area contributed by atoms with Crippen molar-refractivity contribution in [3.05, 3.63) is 30.5 Å². The number of benzene rings is 1. The number of nitrogens with zero attached hydrogens (tertiary/aromatic N) is 3. The Morgan fingerprint density at radius 2 is 2.00 bits per heavy atom. The van der Waals surface area contributed by atoms with Gasteiger partial charge in [0.1, 0.15) is 5.75 Å². The third-order valence-corrected chi connectivity index (χ3v) is 1.94. The predicted molar refractivity (Wildman–Crippen MR) is 51.7 cm³/mol. The van der Waals surface area contributed by atoms with E-state index < -0.39 is 12.6 Å². The summed E-state index contributed by atoms with van der Waals surface area (Å²) in [6.45, 7) is -5.15. The van der Waals surface area contributed by atoms with Crippen LogP contribution in [0.4, 0.5) is 12.9 Å². The van der Waals surface area contributed by atoms with Gasteiger partial charge in [-0.2, -0.15) is 5.10 Å². The van der Waals surface area contributed by atoms with E-state index in [1.807, 2.05) is 0 Å². The molecular formula is C8H6BF3N3O-. The van der Waals surface area contributed by atoms with E-state index >= 15 is 0 Å². The molecule has 1 aromatic carbocycles. The monoisotopic (exact) mass is 228 g/mol. The van der Waals surface area contributed by atoms with Gasteiger partial charge < -0.3 is 18.1 Å². The minimum absolute atomic E-state index is 0.0490. The van der Waals surface area contributed by atoms with Crippen LogP contribution in [-0.2, 0) is 0 Å². The van der Waals surface area contributed by atoms with E-state index in [2.05, 4.69) is 10.3 Å². The Morgan fingerprint density at radius 1 is 1.25 bits per heavy atom. The molecule has 0 aliphatic heterocycles. The molecule has 0 bridgehead atoms. The molecule has 84 valence electrons. The molecule has 0 aliphatic carbocycles. The molecule has 1 aromatic heterocycles. The van der Waals surface area contributed by atoms with E-state index in [-0.39, 0.29) is 5.75 Å². The molecule has 0 amide bonds. The average molecular weight is 228 g/mol. The van der Waals surface area contributed by atoms with E-state index in [0.29, 0.717) is 5.69 Å². The van der Waals surface area contributed by atoms with Crippen LogP contribution in [0.2, 0.25) is 0 Å². The molecule has 16 heavy (non-hydrogen) atoms. The second-order valence-corrected chi connectivity index (χ2v) is 3.18. The summed E-state index contributed by atoms with van der Waals surface area (Å²) in [5, 5.41) is 15.5. The van der Waals surface area contributed by atoms with Crippen LogP contribution in [0.5, 0.6) is 5.75 Å². The number of aromatic nitrogens is 3. The topological polar surface area (TPSA) is 50.9 Å². The van der Waals surface area contributed by atoms with E-state index in [1.54, 1.807) is 0 Å². The van der Waals surface area contributed by atoms with Crippen molar-refractivity contribution in [3.63, 3.8) is 0 Å². The smallest absolute Gasteiger partial charge is 0.508 e. The number of hydrogen-bond acceptors (Lipinski definition) is 3. The average Bonchev–Trinajstić information content (AvgIpc) is 2.65. The first-order valence-electron chi connectivity index (χ1n) is 4.38. The zero-order valence-electron chi connectivity index (χ0n) is 7.89. The van der Waals surface area contributed by atoms with Crippen molar-refractivity contribution in [2.75, 3.05) is 0 Å².